The molecule has 0 fully saturated rings. The number of hydrogen-bond donors (Lipinski definition) is 1. The first-order valence-electron chi connectivity index (χ1n) is 11.5. The molecule has 0 atom stereocenters. The largest absolute Gasteiger partial charge is 0.352 e. The summed E-state index contributed by atoms with van der Waals surface area (Å²) in [5, 5.41) is 3.64. The first-order chi connectivity index (χ1) is 15.8. The van der Waals surface area contributed by atoms with Gasteiger partial charge >= 0.3 is 0 Å². The van der Waals surface area contributed by atoms with Gasteiger partial charge in [-0.3, -0.25) is 19.0 Å². The standard InChI is InChI=1S/C25H30N4O3S/c1-16(2)28(3)24(31)18-10-8-17(9-11-18)14-26-21(30)12-13-29-15-27-23-22(25(29)32)19-6-4-5-7-20(19)33-23/h8-11,15-16H,4-7,12-14H2,1-3H3,(H,26,30). The molecule has 1 N–H and O–H groups in total. The van der Waals surface area contributed by atoms with Gasteiger partial charge in [0.2, 0.25) is 5.91 Å². The minimum absolute atomic E-state index is 0.0245. The normalized spacial score (nSPS) is 13.2. The summed E-state index contributed by atoms with van der Waals surface area (Å²) in [7, 11) is 1.78. The number of fused-ring (bicyclic) bond motifs is 3. The highest BCUT2D eigenvalue weighted by Crippen LogP contribution is 2.33. The molecule has 3 aromatic rings. The summed E-state index contributed by atoms with van der Waals surface area (Å²) in [6.45, 7) is 4.61. The molecule has 0 saturated heterocycles. The molecule has 1 aliphatic rings. The van der Waals surface area contributed by atoms with Gasteiger partial charge in [-0.1, -0.05) is 12.1 Å². The van der Waals surface area contributed by atoms with Crippen LogP contribution in [0.3, 0.4) is 0 Å². The first-order valence-corrected chi connectivity index (χ1v) is 12.3. The Kier molecular flexibility index (Phi) is 6.93. The van der Waals surface area contributed by atoms with Gasteiger partial charge in [0.05, 0.1) is 11.7 Å². The zero-order valence-electron chi connectivity index (χ0n) is 19.4. The molecule has 7 nitrogen and oxygen atoms in total. The third-order valence-corrected chi connectivity index (χ3v) is 7.51. The van der Waals surface area contributed by atoms with E-state index in [9.17, 15) is 14.4 Å². The Morgan fingerprint density at radius 2 is 1.91 bits per heavy atom. The minimum Gasteiger partial charge on any atom is -0.352 e. The van der Waals surface area contributed by atoms with Crippen LogP contribution < -0.4 is 10.9 Å². The van der Waals surface area contributed by atoms with Crippen LogP contribution >= 0.6 is 11.3 Å². The predicted molar refractivity (Wildman–Crippen MR) is 131 cm³/mol. The van der Waals surface area contributed by atoms with Crippen molar-refractivity contribution in [3.05, 3.63) is 62.5 Å². The fourth-order valence-corrected chi connectivity index (χ4v) is 5.27. The van der Waals surface area contributed by atoms with Gasteiger partial charge in [0.15, 0.2) is 0 Å². The summed E-state index contributed by atoms with van der Waals surface area (Å²) in [4.78, 5) is 46.0. The lowest BCUT2D eigenvalue weighted by atomic mass is 9.97. The average Bonchev–Trinajstić information content (AvgIpc) is 3.21. The number of benzene rings is 1. The monoisotopic (exact) mass is 466 g/mol. The van der Waals surface area contributed by atoms with Gasteiger partial charge in [0.25, 0.3) is 11.5 Å². The Labute approximate surface area is 197 Å². The van der Waals surface area contributed by atoms with Crippen molar-refractivity contribution in [2.24, 2.45) is 0 Å². The van der Waals surface area contributed by atoms with E-state index in [-0.39, 0.29) is 29.8 Å². The Balaban J connectivity index is 1.34. The van der Waals surface area contributed by atoms with Gasteiger partial charge < -0.3 is 10.2 Å². The molecule has 2 amide bonds. The fraction of sp³-hybridized carbons (Fsp3) is 0.440. The number of nitrogens with one attached hydrogen (secondary N) is 1. The van der Waals surface area contributed by atoms with Gasteiger partial charge in [0.1, 0.15) is 4.83 Å². The fourth-order valence-electron chi connectivity index (χ4n) is 4.05. The van der Waals surface area contributed by atoms with Crippen molar-refractivity contribution in [2.75, 3.05) is 7.05 Å². The van der Waals surface area contributed by atoms with E-state index in [1.807, 2.05) is 26.0 Å². The smallest absolute Gasteiger partial charge is 0.262 e. The van der Waals surface area contributed by atoms with Crippen LogP contribution in [0.5, 0.6) is 0 Å². The number of carbonyl (C=O) groups is 2. The molecule has 0 aliphatic heterocycles. The molecule has 174 valence electrons. The summed E-state index contributed by atoms with van der Waals surface area (Å²) in [6.07, 6.45) is 6.01. The highest BCUT2D eigenvalue weighted by molar-refractivity contribution is 7.18. The number of carbonyl (C=O) groups excluding carboxylic acids is 2. The molecule has 0 unspecified atom stereocenters. The van der Waals surface area contributed by atoms with Crippen LogP contribution in [0.2, 0.25) is 0 Å². The van der Waals surface area contributed by atoms with Crippen molar-refractivity contribution in [1.29, 1.82) is 0 Å². The number of rotatable bonds is 7. The molecule has 33 heavy (non-hydrogen) atoms. The van der Waals surface area contributed by atoms with Crippen LogP contribution in [0, 0.1) is 0 Å². The van der Waals surface area contributed by atoms with E-state index in [1.54, 1.807) is 46.3 Å². The summed E-state index contributed by atoms with van der Waals surface area (Å²) < 4.78 is 1.55. The van der Waals surface area contributed by atoms with Crippen molar-refractivity contribution in [3.8, 4) is 0 Å². The van der Waals surface area contributed by atoms with Gasteiger partial charge in [-0.2, -0.15) is 0 Å². The van der Waals surface area contributed by atoms with Gasteiger partial charge in [-0.25, -0.2) is 4.98 Å². The molecule has 0 bridgehead atoms. The van der Waals surface area contributed by atoms with Crippen LogP contribution in [0.1, 0.15) is 59.5 Å². The number of aromatic nitrogens is 2. The van der Waals surface area contributed by atoms with E-state index >= 15 is 0 Å². The number of amides is 2. The second-order valence-electron chi connectivity index (χ2n) is 8.87. The Morgan fingerprint density at radius 3 is 2.64 bits per heavy atom. The Hall–Kier alpha value is -3.00. The van der Waals surface area contributed by atoms with Gasteiger partial charge in [-0.05, 0) is 62.8 Å². The average molecular weight is 467 g/mol. The maximum absolute atomic E-state index is 13.0. The second kappa shape index (κ2) is 9.87. The molecule has 0 radical (unpaired) electrons. The molecule has 2 aromatic heterocycles. The van der Waals surface area contributed by atoms with Crippen LogP contribution in [-0.2, 0) is 30.7 Å². The molecular weight excluding hydrogens is 436 g/mol. The number of hydrogen-bond acceptors (Lipinski definition) is 5. The molecule has 0 saturated carbocycles. The Morgan fingerprint density at radius 1 is 1.18 bits per heavy atom. The van der Waals surface area contributed by atoms with Crippen molar-refractivity contribution in [2.45, 2.75) is 65.1 Å². The SMILES string of the molecule is CC(C)N(C)C(=O)c1ccc(CNC(=O)CCn2cnc3sc4c(c3c2=O)CCCC4)cc1. The summed E-state index contributed by atoms with van der Waals surface area (Å²) in [5.74, 6) is -0.155. The molecule has 0 spiro atoms. The van der Waals surface area contributed by atoms with Crippen molar-refractivity contribution in [1.82, 2.24) is 19.8 Å². The zero-order valence-corrected chi connectivity index (χ0v) is 20.2. The summed E-state index contributed by atoms with van der Waals surface area (Å²) >= 11 is 1.63. The van der Waals surface area contributed by atoms with Gasteiger partial charge in [-0.15, -0.1) is 11.3 Å². The Bertz CT molecular complexity index is 1230. The maximum Gasteiger partial charge on any atom is 0.262 e. The topological polar surface area (TPSA) is 84.3 Å². The summed E-state index contributed by atoms with van der Waals surface area (Å²) in [5.41, 5.74) is 2.66. The van der Waals surface area contributed by atoms with Crippen LogP contribution in [0.25, 0.3) is 10.2 Å². The van der Waals surface area contributed by atoms with E-state index in [4.69, 9.17) is 0 Å². The van der Waals surface area contributed by atoms with Crippen molar-refractivity contribution < 1.29 is 9.59 Å². The third kappa shape index (κ3) is 5.00. The second-order valence-corrected chi connectivity index (χ2v) is 9.95. The van der Waals surface area contributed by atoms with E-state index in [2.05, 4.69) is 10.3 Å². The molecule has 1 aliphatic carbocycles. The lowest BCUT2D eigenvalue weighted by Crippen LogP contribution is -2.33. The molecule has 2 heterocycles. The van der Waals surface area contributed by atoms with E-state index in [1.165, 1.54) is 16.9 Å². The van der Waals surface area contributed by atoms with E-state index < -0.39 is 0 Å². The molecule has 8 heteroatoms. The van der Waals surface area contributed by atoms with Gasteiger partial charge in [0, 0.05) is 43.0 Å². The lowest BCUT2D eigenvalue weighted by Gasteiger charge is -2.21. The van der Waals surface area contributed by atoms with E-state index in [0.717, 1.165) is 35.0 Å². The van der Waals surface area contributed by atoms with Crippen molar-refractivity contribution in [3.63, 3.8) is 0 Å². The predicted octanol–water partition coefficient (Wildman–Crippen LogP) is 3.52. The van der Waals surface area contributed by atoms with Crippen molar-refractivity contribution >= 4 is 33.4 Å². The number of nitrogens with zero attached hydrogens (tertiary/aromatic N) is 3. The molecule has 1 aromatic carbocycles. The zero-order chi connectivity index (χ0) is 23.5. The van der Waals surface area contributed by atoms with Crippen LogP contribution in [-0.4, -0.2) is 39.4 Å². The highest BCUT2D eigenvalue weighted by Gasteiger charge is 2.20. The molecule has 4 rings (SSSR count). The minimum atomic E-state index is -0.131. The third-order valence-electron chi connectivity index (χ3n) is 6.31. The lowest BCUT2D eigenvalue weighted by molar-refractivity contribution is -0.121. The van der Waals surface area contributed by atoms with Crippen LogP contribution in [0.4, 0.5) is 0 Å². The first kappa shape index (κ1) is 23.2. The van der Waals surface area contributed by atoms with Crippen LogP contribution in [0.15, 0.2) is 35.4 Å². The highest BCUT2D eigenvalue weighted by atomic mass is 32.1. The quantitative estimate of drug-likeness (QED) is 0.577. The number of aryl methyl sites for hydroxylation is 3. The molecular formula is C25H30N4O3S. The number of thiophene rings is 1. The summed E-state index contributed by atoms with van der Waals surface area (Å²) in [6, 6.07) is 7.40. The van der Waals surface area contributed by atoms with E-state index in [0.29, 0.717) is 18.7 Å². The maximum atomic E-state index is 13.0.